The van der Waals surface area contributed by atoms with E-state index in [2.05, 4.69) is 6.92 Å². The highest BCUT2D eigenvalue weighted by atomic mass is 16.6. The summed E-state index contributed by atoms with van der Waals surface area (Å²) in [4.78, 5) is 26.3. The van der Waals surface area contributed by atoms with E-state index >= 15 is 0 Å². The highest BCUT2D eigenvalue weighted by Crippen LogP contribution is 2.59. The summed E-state index contributed by atoms with van der Waals surface area (Å²) in [5.74, 6) is 0.548. The van der Waals surface area contributed by atoms with Crippen LogP contribution >= 0.6 is 0 Å². The third-order valence-electron chi connectivity index (χ3n) is 4.52. The molecule has 126 valence electrons. The summed E-state index contributed by atoms with van der Waals surface area (Å²) < 4.78 is 10.7. The van der Waals surface area contributed by atoms with Gasteiger partial charge < -0.3 is 14.4 Å². The molecule has 5 nitrogen and oxygen atoms in total. The Hall–Kier alpha value is -1.26. The molecule has 0 aromatic carbocycles. The van der Waals surface area contributed by atoms with Gasteiger partial charge in [-0.2, -0.15) is 0 Å². The summed E-state index contributed by atoms with van der Waals surface area (Å²) in [5, 5.41) is 0. The zero-order valence-corrected chi connectivity index (χ0v) is 14.4. The summed E-state index contributed by atoms with van der Waals surface area (Å²) in [6, 6.07) is 0.120. The van der Waals surface area contributed by atoms with E-state index < -0.39 is 5.60 Å². The van der Waals surface area contributed by atoms with Crippen molar-refractivity contribution in [2.45, 2.75) is 65.5 Å². The van der Waals surface area contributed by atoms with Gasteiger partial charge in [-0.1, -0.05) is 6.92 Å². The fourth-order valence-corrected chi connectivity index (χ4v) is 3.74. The molecule has 4 atom stereocenters. The average molecular weight is 311 g/mol. The molecular weight excluding hydrogens is 282 g/mol. The Kier molecular flexibility index (Phi) is 5.03. The number of fused-ring (bicyclic) bond motifs is 1. The molecule has 0 spiro atoms. The van der Waals surface area contributed by atoms with Gasteiger partial charge in [0.2, 0.25) is 0 Å². The Bertz CT molecular complexity index is 429. The van der Waals surface area contributed by atoms with Crippen LogP contribution in [0.2, 0.25) is 0 Å². The minimum absolute atomic E-state index is 0.0134. The van der Waals surface area contributed by atoms with Gasteiger partial charge in [0.1, 0.15) is 5.60 Å². The van der Waals surface area contributed by atoms with Crippen LogP contribution in [0.4, 0.5) is 4.79 Å². The summed E-state index contributed by atoms with van der Waals surface area (Å²) >= 11 is 0. The van der Waals surface area contributed by atoms with E-state index in [0.717, 1.165) is 19.3 Å². The molecule has 0 heterocycles. The molecule has 0 aromatic heterocycles. The number of esters is 1. The Morgan fingerprint density at radius 3 is 2.41 bits per heavy atom. The van der Waals surface area contributed by atoms with Crippen molar-refractivity contribution in [3.8, 4) is 0 Å². The number of rotatable bonds is 5. The summed E-state index contributed by atoms with van der Waals surface area (Å²) in [6.07, 6.45) is 2.60. The van der Waals surface area contributed by atoms with Gasteiger partial charge in [0.25, 0.3) is 0 Å². The molecule has 1 amide bonds. The molecule has 0 radical (unpaired) electrons. The van der Waals surface area contributed by atoms with Crippen molar-refractivity contribution in [3.05, 3.63) is 0 Å². The molecule has 0 unspecified atom stereocenters. The van der Waals surface area contributed by atoms with Crippen LogP contribution in [0, 0.1) is 17.8 Å². The first kappa shape index (κ1) is 17.1. The fourth-order valence-electron chi connectivity index (χ4n) is 3.74. The van der Waals surface area contributed by atoms with E-state index in [9.17, 15) is 9.59 Å². The first-order valence-corrected chi connectivity index (χ1v) is 8.46. The molecular formula is C17H29NO4. The maximum atomic E-state index is 12.5. The van der Waals surface area contributed by atoms with Crippen molar-refractivity contribution in [2.75, 3.05) is 13.2 Å². The molecule has 2 saturated carbocycles. The van der Waals surface area contributed by atoms with Crippen molar-refractivity contribution >= 4 is 12.1 Å². The number of hydrogen-bond donors (Lipinski definition) is 0. The summed E-state index contributed by atoms with van der Waals surface area (Å²) in [5.41, 5.74) is -0.495. The van der Waals surface area contributed by atoms with E-state index in [1.54, 1.807) is 0 Å². The van der Waals surface area contributed by atoms with Crippen LogP contribution in [-0.4, -0.2) is 41.8 Å². The first-order chi connectivity index (χ1) is 10.3. The van der Waals surface area contributed by atoms with Gasteiger partial charge in [-0.05, 0) is 58.8 Å². The van der Waals surface area contributed by atoms with Crippen LogP contribution in [0.5, 0.6) is 0 Å². The van der Waals surface area contributed by atoms with Crippen LogP contribution < -0.4 is 0 Å². The Labute approximate surface area is 133 Å². The van der Waals surface area contributed by atoms with Gasteiger partial charge in [-0.3, -0.25) is 4.79 Å². The molecule has 22 heavy (non-hydrogen) atoms. The lowest BCUT2D eigenvalue weighted by Crippen LogP contribution is -2.44. The fraction of sp³-hybridized carbons (Fsp3) is 0.882. The molecule has 2 fully saturated rings. The standard InChI is InChI=1S/C17H29NO4/c1-6-10-18(16(20)22-17(3,4)5)12-9-8-11-13(12)14(11)15(19)21-7-2/h11-14H,6-10H2,1-5H3/t11-,12-,13-,14+/m1/s1. The largest absolute Gasteiger partial charge is 0.466 e. The molecule has 2 aliphatic rings. The van der Waals surface area contributed by atoms with Gasteiger partial charge in [0.15, 0.2) is 0 Å². The number of amides is 1. The maximum absolute atomic E-state index is 12.5. The minimum Gasteiger partial charge on any atom is -0.466 e. The van der Waals surface area contributed by atoms with Gasteiger partial charge in [-0.15, -0.1) is 0 Å². The Balaban J connectivity index is 2.04. The first-order valence-electron chi connectivity index (χ1n) is 8.46. The van der Waals surface area contributed by atoms with Crippen molar-refractivity contribution < 1.29 is 19.1 Å². The molecule has 0 N–H and O–H groups in total. The molecule has 0 aromatic rings. The molecule has 0 bridgehead atoms. The zero-order valence-electron chi connectivity index (χ0n) is 14.4. The monoisotopic (exact) mass is 311 g/mol. The molecule has 2 aliphatic carbocycles. The van der Waals surface area contributed by atoms with Gasteiger partial charge >= 0.3 is 12.1 Å². The van der Waals surface area contributed by atoms with Gasteiger partial charge in [-0.25, -0.2) is 4.79 Å². The van der Waals surface area contributed by atoms with E-state index in [4.69, 9.17) is 9.47 Å². The SMILES string of the molecule is CCCN(C(=O)OC(C)(C)C)[C@@H]1CC[C@H]2[C@H](C(=O)OCC)[C@H]21. The number of hydrogen-bond acceptors (Lipinski definition) is 4. The lowest BCUT2D eigenvalue weighted by Gasteiger charge is -2.32. The Morgan fingerprint density at radius 2 is 1.86 bits per heavy atom. The topological polar surface area (TPSA) is 55.8 Å². The number of ether oxygens (including phenoxy) is 2. The predicted molar refractivity (Wildman–Crippen MR) is 83.4 cm³/mol. The second kappa shape index (κ2) is 6.47. The second-order valence-corrected chi connectivity index (χ2v) is 7.34. The van der Waals surface area contributed by atoms with Crippen molar-refractivity contribution in [2.24, 2.45) is 17.8 Å². The third-order valence-corrected chi connectivity index (χ3v) is 4.52. The van der Waals surface area contributed by atoms with E-state index in [1.807, 2.05) is 32.6 Å². The average Bonchev–Trinajstić information content (AvgIpc) is 2.97. The van der Waals surface area contributed by atoms with Crippen molar-refractivity contribution in [1.29, 1.82) is 0 Å². The normalized spacial score (nSPS) is 29.7. The predicted octanol–water partition coefficient (Wildman–Crippen LogP) is 3.22. The Morgan fingerprint density at radius 1 is 1.18 bits per heavy atom. The van der Waals surface area contributed by atoms with Crippen molar-refractivity contribution in [1.82, 2.24) is 4.90 Å². The highest BCUT2D eigenvalue weighted by Gasteiger charge is 2.64. The maximum Gasteiger partial charge on any atom is 0.410 e. The summed E-state index contributed by atoms with van der Waals surface area (Å²) in [6.45, 7) is 10.6. The molecule has 0 aliphatic heterocycles. The second-order valence-electron chi connectivity index (χ2n) is 7.34. The van der Waals surface area contributed by atoms with Crippen LogP contribution in [-0.2, 0) is 14.3 Å². The lowest BCUT2D eigenvalue weighted by molar-refractivity contribution is -0.145. The van der Waals surface area contributed by atoms with Crippen molar-refractivity contribution in [3.63, 3.8) is 0 Å². The molecule has 2 rings (SSSR count). The van der Waals surface area contributed by atoms with Crippen LogP contribution in [0.3, 0.4) is 0 Å². The van der Waals surface area contributed by atoms with Crippen LogP contribution in [0.15, 0.2) is 0 Å². The van der Waals surface area contributed by atoms with E-state index in [-0.39, 0.29) is 29.9 Å². The van der Waals surface area contributed by atoms with Gasteiger partial charge in [0, 0.05) is 12.6 Å². The number of carbonyl (C=O) groups excluding carboxylic acids is 2. The van der Waals surface area contributed by atoms with Crippen LogP contribution in [0.25, 0.3) is 0 Å². The smallest absolute Gasteiger partial charge is 0.410 e. The van der Waals surface area contributed by atoms with E-state index in [0.29, 0.717) is 19.1 Å². The highest BCUT2D eigenvalue weighted by molar-refractivity contribution is 5.77. The molecule has 0 saturated heterocycles. The zero-order chi connectivity index (χ0) is 16.5. The third kappa shape index (κ3) is 3.55. The number of nitrogens with zero attached hydrogens (tertiary/aromatic N) is 1. The quantitative estimate of drug-likeness (QED) is 0.732. The van der Waals surface area contributed by atoms with Gasteiger partial charge in [0.05, 0.1) is 12.5 Å². The summed E-state index contributed by atoms with van der Waals surface area (Å²) in [7, 11) is 0. The number of carbonyl (C=O) groups is 2. The van der Waals surface area contributed by atoms with Crippen LogP contribution in [0.1, 0.15) is 53.9 Å². The lowest BCUT2D eigenvalue weighted by atomic mass is 10.1. The minimum atomic E-state index is -0.495. The molecule has 5 heteroatoms. The van der Waals surface area contributed by atoms with E-state index in [1.165, 1.54) is 0 Å².